The molecule has 2 rings (SSSR count). The second-order valence-electron chi connectivity index (χ2n) is 6.10. The summed E-state index contributed by atoms with van der Waals surface area (Å²) >= 11 is 0. The molecule has 1 fully saturated rings. The molecule has 0 radical (unpaired) electrons. The van der Waals surface area contributed by atoms with E-state index in [9.17, 15) is 13.2 Å². The maximum atomic E-state index is 13.0. The predicted octanol–water partition coefficient (Wildman–Crippen LogP) is 3.69. The van der Waals surface area contributed by atoms with E-state index in [0.29, 0.717) is 44.1 Å². The molecule has 0 amide bonds. The van der Waals surface area contributed by atoms with Crippen molar-refractivity contribution >= 4 is 29.9 Å². The van der Waals surface area contributed by atoms with Crippen molar-refractivity contribution in [2.75, 3.05) is 26.3 Å². The highest BCUT2D eigenvalue weighted by Gasteiger charge is 2.37. The average molecular weight is 471 g/mol. The lowest BCUT2D eigenvalue weighted by Gasteiger charge is -2.37. The molecular formula is C17H25F3IN3O. The van der Waals surface area contributed by atoms with Crippen molar-refractivity contribution in [1.82, 2.24) is 5.32 Å². The summed E-state index contributed by atoms with van der Waals surface area (Å²) in [5, 5.41) is 2.99. The topological polar surface area (TPSA) is 59.6 Å². The number of ether oxygens (including phenoxy) is 1. The number of alkyl halides is 3. The molecule has 0 aromatic heterocycles. The zero-order valence-corrected chi connectivity index (χ0v) is 16.6. The number of hydrogen-bond acceptors (Lipinski definition) is 2. The highest BCUT2D eigenvalue weighted by Crippen LogP contribution is 2.38. The Hall–Kier alpha value is -1.03. The number of halogens is 4. The summed E-state index contributed by atoms with van der Waals surface area (Å²) in [4.78, 5) is 4.37. The quantitative estimate of drug-likeness (QED) is 0.392. The Labute approximate surface area is 163 Å². The summed E-state index contributed by atoms with van der Waals surface area (Å²) in [6, 6.07) is 5.52. The Morgan fingerprint density at radius 2 is 2.00 bits per heavy atom. The molecule has 0 spiro atoms. The number of rotatable bonds is 5. The Morgan fingerprint density at radius 1 is 1.32 bits per heavy atom. The molecule has 1 aromatic rings. The smallest absolute Gasteiger partial charge is 0.381 e. The normalized spacial score (nSPS) is 17.7. The minimum absolute atomic E-state index is 0. The van der Waals surface area contributed by atoms with E-state index in [0.717, 1.165) is 19.0 Å². The first kappa shape index (κ1) is 22.0. The zero-order valence-electron chi connectivity index (χ0n) is 14.2. The number of nitrogens with zero attached hydrogens (tertiary/aromatic N) is 1. The molecule has 1 saturated heterocycles. The fraction of sp³-hybridized carbons (Fsp3) is 0.588. The highest BCUT2D eigenvalue weighted by molar-refractivity contribution is 14.0. The maximum Gasteiger partial charge on any atom is 0.416 e. The van der Waals surface area contributed by atoms with Crippen LogP contribution in [0, 0.1) is 0 Å². The second-order valence-corrected chi connectivity index (χ2v) is 6.10. The number of benzene rings is 1. The number of nitrogens with two attached hydrogens (primary N) is 1. The van der Waals surface area contributed by atoms with Crippen molar-refractivity contribution in [2.24, 2.45) is 10.7 Å². The van der Waals surface area contributed by atoms with E-state index >= 15 is 0 Å². The zero-order chi connectivity index (χ0) is 17.6. The molecule has 1 aromatic carbocycles. The van der Waals surface area contributed by atoms with Gasteiger partial charge in [0.1, 0.15) is 0 Å². The van der Waals surface area contributed by atoms with Crippen molar-refractivity contribution < 1.29 is 17.9 Å². The maximum absolute atomic E-state index is 13.0. The molecule has 142 valence electrons. The summed E-state index contributed by atoms with van der Waals surface area (Å²) in [5.74, 6) is 0.328. The van der Waals surface area contributed by atoms with Crippen LogP contribution in [0.5, 0.6) is 0 Å². The lowest BCUT2D eigenvalue weighted by Crippen LogP contribution is -2.39. The third kappa shape index (κ3) is 6.02. The predicted molar refractivity (Wildman–Crippen MR) is 103 cm³/mol. The van der Waals surface area contributed by atoms with E-state index < -0.39 is 17.2 Å². The Morgan fingerprint density at radius 3 is 2.60 bits per heavy atom. The summed E-state index contributed by atoms with van der Waals surface area (Å²) in [6.45, 7) is 4.10. The van der Waals surface area contributed by atoms with Gasteiger partial charge >= 0.3 is 6.18 Å². The Bertz CT molecular complexity index is 573. The molecule has 0 bridgehead atoms. The Kier molecular flexibility index (Phi) is 8.46. The molecular weight excluding hydrogens is 446 g/mol. The van der Waals surface area contributed by atoms with Crippen LogP contribution in [0.25, 0.3) is 0 Å². The fourth-order valence-corrected chi connectivity index (χ4v) is 2.87. The van der Waals surface area contributed by atoms with Crippen LogP contribution in [0.15, 0.2) is 29.3 Å². The van der Waals surface area contributed by atoms with Gasteiger partial charge in [0.15, 0.2) is 5.96 Å². The monoisotopic (exact) mass is 471 g/mol. The van der Waals surface area contributed by atoms with Gasteiger partial charge in [-0.1, -0.05) is 25.1 Å². The molecule has 1 aliphatic heterocycles. The van der Waals surface area contributed by atoms with Crippen molar-refractivity contribution in [3.05, 3.63) is 35.4 Å². The molecule has 1 heterocycles. The van der Waals surface area contributed by atoms with Crippen molar-refractivity contribution in [1.29, 1.82) is 0 Å². The summed E-state index contributed by atoms with van der Waals surface area (Å²) in [6.07, 6.45) is -2.19. The minimum atomic E-state index is -4.35. The van der Waals surface area contributed by atoms with Crippen molar-refractivity contribution in [3.63, 3.8) is 0 Å². The second kappa shape index (κ2) is 9.61. The first-order valence-electron chi connectivity index (χ1n) is 8.17. The van der Waals surface area contributed by atoms with Gasteiger partial charge in [-0.3, -0.25) is 4.99 Å². The average Bonchev–Trinajstić information content (AvgIpc) is 2.58. The number of guanidine groups is 1. The SMILES string of the molecule is CCCNC(N)=NCC1(c2cccc(C(F)(F)F)c2)CCOCC1.I. The first-order valence-corrected chi connectivity index (χ1v) is 8.17. The van der Waals surface area contributed by atoms with Gasteiger partial charge < -0.3 is 15.8 Å². The highest BCUT2D eigenvalue weighted by atomic mass is 127. The van der Waals surface area contributed by atoms with E-state index in [1.165, 1.54) is 12.1 Å². The van der Waals surface area contributed by atoms with Gasteiger partial charge in [0.05, 0.1) is 12.1 Å². The van der Waals surface area contributed by atoms with E-state index in [2.05, 4.69) is 10.3 Å². The van der Waals surface area contributed by atoms with Crippen LogP contribution < -0.4 is 11.1 Å². The molecule has 3 N–H and O–H groups in total. The van der Waals surface area contributed by atoms with Crippen molar-refractivity contribution in [3.8, 4) is 0 Å². The number of hydrogen-bond donors (Lipinski definition) is 2. The third-order valence-corrected chi connectivity index (χ3v) is 4.36. The summed E-state index contributed by atoms with van der Waals surface area (Å²) in [7, 11) is 0. The van der Waals surface area contributed by atoms with Gasteiger partial charge in [-0.25, -0.2) is 0 Å². The van der Waals surface area contributed by atoms with Gasteiger partial charge in [0.25, 0.3) is 0 Å². The summed E-state index contributed by atoms with van der Waals surface area (Å²) in [5.41, 5.74) is 5.38. The minimum Gasteiger partial charge on any atom is -0.381 e. The Balaban J connectivity index is 0.00000312. The number of aliphatic imine (C=N–C) groups is 1. The van der Waals surface area contributed by atoms with Gasteiger partial charge in [-0.15, -0.1) is 24.0 Å². The van der Waals surface area contributed by atoms with Crippen LogP contribution in [0.2, 0.25) is 0 Å². The summed E-state index contributed by atoms with van der Waals surface area (Å²) < 4.78 is 44.5. The van der Waals surface area contributed by atoms with Gasteiger partial charge in [0.2, 0.25) is 0 Å². The van der Waals surface area contributed by atoms with Crippen LogP contribution in [-0.2, 0) is 16.3 Å². The van der Waals surface area contributed by atoms with Crippen LogP contribution >= 0.6 is 24.0 Å². The largest absolute Gasteiger partial charge is 0.416 e. The van der Waals surface area contributed by atoms with Crippen LogP contribution in [0.4, 0.5) is 13.2 Å². The molecule has 25 heavy (non-hydrogen) atoms. The van der Waals surface area contributed by atoms with Gasteiger partial charge in [0, 0.05) is 25.2 Å². The molecule has 0 aliphatic carbocycles. The third-order valence-electron chi connectivity index (χ3n) is 4.36. The molecule has 0 saturated carbocycles. The molecule has 0 atom stereocenters. The molecule has 8 heteroatoms. The van der Waals surface area contributed by atoms with E-state index in [4.69, 9.17) is 10.5 Å². The lowest BCUT2D eigenvalue weighted by molar-refractivity contribution is -0.137. The molecule has 0 unspecified atom stereocenters. The van der Waals surface area contributed by atoms with Gasteiger partial charge in [-0.2, -0.15) is 13.2 Å². The van der Waals surface area contributed by atoms with E-state index in [-0.39, 0.29) is 24.0 Å². The van der Waals surface area contributed by atoms with Gasteiger partial charge in [-0.05, 0) is 30.9 Å². The number of nitrogens with one attached hydrogen (secondary N) is 1. The van der Waals surface area contributed by atoms with E-state index in [1.807, 2.05) is 6.92 Å². The van der Waals surface area contributed by atoms with Crippen LogP contribution in [0.3, 0.4) is 0 Å². The molecule has 1 aliphatic rings. The van der Waals surface area contributed by atoms with E-state index in [1.54, 1.807) is 6.07 Å². The van der Waals surface area contributed by atoms with Crippen LogP contribution in [-0.4, -0.2) is 32.3 Å². The van der Waals surface area contributed by atoms with Crippen molar-refractivity contribution in [2.45, 2.75) is 37.8 Å². The fourth-order valence-electron chi connectivity index (χ4n) is 2.87. The van der Waals surface area contributed by atoms with Crippen LogP contribution in [0.1, 0.15) is 37.3 Å². The lowest BCUT2D eigenvalue weighted by atomic mass is 9.74. The molecule has 4 nitrogen and oxygen atoms in total. The first-order chi connectivity index (χ1) is 11.4. The standard InChI is InChI=1S/C17H24F3N3O.HI/c1-2-8-22-15(21)23-12-16(6-9-24-10-7-16)13-4-3-5-14(11-13)17(18,19)20;/h3-5,11H,2,6-10,12H2,1H3,(H3,21,22,23);1H.